The molecular formula is C23H18Br4O4. The van der Waals surface area contributed by atoms with E-state index in [1.54, 1.807) is 31.4 Å². The summed E-state index contributed by atoms with van der Waals surface area (Å²) in [4.78, 5) is 12.2. The molecular weight excluding hydrogens is 660 g/mol. The molecule has 0 aliphatic carbocycles. The van der Waals surface area contributed by atoms with Crippen LogP contribution in [0.1, 0.15) is 25.0 Å². The van der Waals surface area contributed by atoms with Crippen LogP contribution in [0.5, 0.6) is 17.2 Å². The lowest BCUT2D eigenvalue weighted by atomic mass is 9.78. The highest BCUT2D eigenvalue weighted by molar-refractivity contribution is 9.11. The molecule has 0 saturated carbocycles. The summed E-state index contributed by atoms with van der Waals surface area (Å²) in [5, 5.41) is 0. The van der Waals surface area contributed by atoms with Gasteiger partial charge in [-0.05, 0) is 111 Å². The van der Waals surface area contributed by atoms with Gasteiger partial charge in [-0.25, -0.2) is 4.79 Å². The molecule has 0 unspecified atom stereocenters. The molecule has 0 heterocycles. The first-order chi connectivity index (χ1) is 14.6. The van der Waals surface area contributed by atoms with Crippen molar-refractivity contribution in [2.45, 2.75) is 19.3 Å². The lowest BCUT2D eigenvalue weighted by Crippen LogP contribution is -2.20. The van der Waals surface area contributed by atoms with E-state index in [1.165, 1.54) is 0 Å². The minimum Gasteiger partial charge on any atom is -0.494 e. The number of methoxy groups -OCH3 is 1. The number of rotatable bonds is 5. The minimum atomic E-state index is -0.817. The molecule has 162 valence electrons. The fourth-order valence-electron chi connectivity index (χ4n) is 2.99. The van der Waals surface area contributed by atoms with Gasteiger partial charge in [-0.2, -0.15) is 0 Å². The summed E-state index contributed by atoms with van der Waals surface area (Å²) in [5.41, 5.74) is 1.73. The highest BCUT2D eigenvalue weighted by Gasteiger charge is 2.28. The van der Waals surface area contributed by atoms with E-state index in [1.807, 2.05) is 30.3 Å². The lowest BCUT2D eigenvalue weighted by molar-refractivity contribution is 0.151. The number of ether oxygens (including phenoxy) is 3. The van der Waals surface area contributed by atoms with Crippen LogP contribution in [0, 0.1) is 0 Å². The van der Waals surface area contributed by atoms with Gasteiger partial charge in [0, 0.05) is 5.41 Å². The Labute approximate surface area is 214 Å². The SMILES string of the molecule is COc1c(Br)cc(C(C)(C)c2cc(Br)c(OC(=O)Oc3ccccc3)c(Br)c2)cc1Br. The molecule has 0 aliphatic rings. The first-order valence-corrected chi connectivity index (χ1v) is 12.3. The molecule has 3 rings (SSSR count). The third kappa shape index (κ3) is 5.53. The number of hydrogen-bond donors (Lipinski definition) is 0. The van der Waals surface area contributed by atoms with Crippen molar-refractivity contribution in [1.29, 1.82) is 0 Å². The van der Waals surface area contributed by atoms with Crippen molar-refractivity contribution in [3.8, 4) is 17.2 Å². The van der Waals surface area contributed by atoms with Crippen LogP contribution in [-0.4, -0.2) is 13.3 Å². The van der Waals surface area contributed by atoms with E-state index in [0.29, 0.717) is 20.4 Å². The Balaban J connectivity index is 1.89. The van der Waals surface area contributed by atoms with Gasteiger partial charge in [0.15, 0.2) is 5.75 Å². The van der Waals surface area contributed by atoms with E-state index in [4.69, 9.17) is 14.2 Å². The first-order valence-electron chi connectivity index (χ1n) is 9.11. The Morgan fingerprint density at radius 2 is 1.19 bits per heavy atom. The van der Waals surface area contributed by atoms with E-state index < -0.39 is 6.16 Å². The molecule has 31 heavy (non-hydrogen) atoms. The molecule has 4 nitrogen and oxygen atoms in total. The highest BCUT2D eigenvalue weighted by Crippen LogP contribution is 2.44. The summed E-state index contributed by atoms with van der Waals surface area (Å²) >= 11 is 14.2. The van der Waals surface area contributed by atoms with Gasteiger partial charge in [0.05, 0.1) is 25.0 Å². The molecule has 0 radical (unpaired) electrons. The van der Waals surface area contributed by atoms with Crippen molar-refractivity contribution in [2.75, 3.05) is 7.11 Å². The quantitative estimate of drug-likeness (QED) is 0.200. The van der Waals surface area contributed by atoms with Gasteiger partial charge in [-0.15, -0.1) is 0 Å². The molecule has 0 N–H and O–H groups in total. The Bertz CT molecular complexity index is 1070. The molecule has 0 aliphatic heterocycles. The number of benzene rings is 3. The average molecular weight is 678 g/mol. The topological polar surface area (TPSA) is 44.8 Å². The van der Waals surface area contributed by atoms with Crippen LogP contribution in [0.25, 0.3) is 0 Å². The van der Waals surface area contributed by atoms with Crippen molar-refractivity contribution < 1.29 is 19.0 Å². The predicted octanol–water partition coefficient (Wildman–Crippen LogP) is 8.65. The molecule has 0 fully saturated rings. The molecule has 0 bridgehead atoms. The monoisotopic (exact) mass is 674 g/mol. The summed E-state index contributed by atoms with van der Waals surface area (Å²) < 4.78 is 19.0. The first kappa shape index (κ1) is 24.3. The molecule has 0 spiro atoms. The molecule has 3 aromatic rings. The molecule has 0 aromatic heterocycles. The van der Waals surface area contributed by atoms with Crippen LogP contribution in [0.3, 0.4) is 0 Å². The van der Waals surface area contributed by atoms with Crippen molar-refractivity contribution >= 4 is 69.9 Å². The number of carbonyl (C=O) groups is 1. The molecule has 0 atom stereocenters. The maximum absolute atomic E-state index is 12.2. The number of halogens is 4. The second-order valence-electron chi connectivity index (χ2n) is 7.13. The van der Waals surface area contributed by atoms with E-state index in [9.17, 15) is 4.79 Å². The van der Waals surface area contributed by atoms with Gasteiger partial charge in [0.1, 0.15) is 11.5 Å². The van der Waals surface area contributed by atoms with Crippen LogP contribution in [0.15, 0.2) is 72.5 Å². The third-order valence-corrected chi connectivity index (χ3v) is 7.13. The fourth-order valence-corrected chi connectivity index (χ4v) is 5.85. The smallest absolute Gasteiger partial charge is 0.494 e. The molecule has 8 heteroatoms. The van der Waals surface area contributed by atoms with Crippen LogP contribution >= 0.6 is 63.7 Å². The van der Waals surface area contributed by atoms with Crippen LogP contribution in [0.2, 0.25) is 0 Å². The zero-order valence-electron chi connectivity index (χ0n) is 16.8. The lowest BCUT2D eigenvalue weighted by Gasteiger charge is -2.28. The number of carbonyl (C=O) groups excluding carboxylic acids is 1. The van der Waals surface area contributed by atoms with Crippen LogP contribution < -0.4 is 14.2 Å². The standard InChI is InChI=1S/C23H18Br4O4/c1-23(2,13-9-16(24)20(29-3)17(25)10-13)14-11-18(26)21(19(27)12-14)31-22(28)30-15-7-5-4-6-8-15/h4-12H,1-3H3. The summed E-state index contributed by atoms with van der Waals surface area (Å²) in [6.45, 7) is 4.23. The predicted molar refractivity (Wildman–Crippen MR) is 135 cm³/mol. The summed E-state index contributed by atoms with van der Waals surface area (Å²) in [7, 11) is 1.63. The summed E-state index contributed by atoms with van der Waals surface area (Å²) in [6.07, 6.45) is -0.817. The van der Waals surface area contributed by atoms with Crippen molar-refractivity contribution in [3.63, 3.8) is 0 Å². The van der Waals surface area contributed by atoms with E-state index in [-0.39, 0.29) is 5.41 Å². The maximum Gasteiger partial charge on any atom is 0.519 e. The van der Waals surface area contributed by atoms with E-state index in [0.717, 1.165) is 25.8 Å². The van der Waals surface area contributed by atoms with E-state index >= 15 is 0 Å². The number of para-hydroxylation sites is 1. The third-order valence-electron chi connectivity index (χ3n) is 4.77. The Kier molecular flexibility index (Phi) is 7.89. The maximum atomic E-state index is 12.2. The second-order valence-corrected chi connectivity index (χ2v) is 10.6. The van der Waals surface area contributed by atoms with E-state index in [2.05, 4.69) is 77.6 Å². The fraction of sp³-hybridized carbons (Fsp3) is 0.174. The van der Waals surface area contributed by atoms with Gasteiger partial charge < -0.3 is 14.2 Å². The van der Waals surface area contributed by atoms with Crippen LogP contribution in [-0.2, 0) is 5.41 Å². The minimum absolute atomic E-state index is 0.345. The molecule has 0 saturated heterocycles. The van der Waals surface area contributed by atoms with Crippen LogP contribution in [0.4, 0.5) is 4.79 Å². The van der Waals surface area contributed by atoms with Crippen molar-refractivity contribution in [3.05, 3.63) is 83.6 Å². The summed E-state index contributed by atoms with van der Waals surface area (Å²) in [5.74, 6) is 1.49. The van der Waals surface area contributed by atoms with Gasteiger partial charge in [0.25, 0.3) is 0 Å². The zero-order chi connectivity index (χ0) is 22.8. The van der Waals surface area contributed by atoms with Gasteiger partial charge in [-0.1, -0.05) is 32.0 Å². The Hall–Kier alpha value is -1.35. The highest BCUT2D eigenvalue weighted by atomic mass is 79.9. The Morgan fingerprint density at radius 3 is 1.65 bits per heavy atom. The van der Waals surface area contributed by atoms with Gasteiger partial charge >= 0.3 is 6.16 Å². The summed E-state index contributed by atoms with van der Waals surface area (Å²) in [6, 6.07) is 16.7. The Morgan fingerprint density at radius 1 is 0.742 bits per heavy atom. The van der Waals surface area contributed by atoms with Gasteiger partial charge in [-0.3, -0.25) is 0 Å². The normalized spacial score (nSPS) is 11.2. The molecule has 3 aromatic carbocycles. The van der Waals surface area contributed by atoms with Crippen molar-refractivity contribution in [1.82, 2.24) is 0 Å². The largest absolute Gasteiger partial charge is 0.519 e. The van der Waals surface area contributed by atoms with Crippen molar-refractivity contribution in [2.24, 2.45) is 0 Å². The second kappa shape index (κ2) is 10.1. The molecule has 0 amide bonds. The zero-order valence-corrected chi connectivity index (χ0v) is 23.2. The average Bonchev–Trinajstić information content (AvgIpc) is 2.71. The van der Waals surface area contributed by atoms with Gasteiger partial charge in [0.2, 0.25) is 0 Å². The number of hydrogen-bond acceptors (Lipinski definition) is 4.